The molecule has 0 bridgehead atoms. The minimum Gasteiger partial charge on any atom is -0.472 e. The number of hydrogen-bond acceptors (Lipinski definition) is 11. The van der Waals surface area contributed by atoms with E-state index in [1.54, 1.807) is 6.92 Å². The van der Waals surface area contributed by atoms with Crippen molar-refractivity contribution in [2.75, 3.05) is 6.54 Å². The van der Waals surface area contributed by atoms with Crippen LogP contribution in [-0.4, -0.2) is 75.5 Å². The number of allylic oxidation sites excluding steroid dienone is 2. The smallest absolute Gasteiger partial charge is 0.240 e. The van der Waals surface area contributed by atoms with Crippen molar-refractivity contribution in [1.29, 1.82) is 0 Å². The number of thiazole rings is 1. The quantitative estimate of drug-likeness (QED) is 0.167. The lowest BCUT2D eigenvalue weighted by Gasteiger charge is -2.25. The second kappa shape index (κ2) is 15.3. The third-order valence-electron chi connectivity index (χ3n) is 10.7. The lowest BCUT2D eigenvalue weighted by atomic mass is 9.97. The zero-order valence-electron chi connectivity index (χ0n) is 29.8. The largest absolute Gasteiger partial charge is 0.472 e. The summed E-state index contributed by atoms with van der Waals surface area (Å²) in [5.41, 5.74) is 15.1. The SMILES string of the molecule is CC(C)c1csc(-c2nc3c(c(O[C@@H]4C[C@@H](C(N)=O)N(C(=O)[C@@H](N)CCCCC/C=C\[C@@H]5C[C@@H]5C(=O)NS(=O)(=O)C5(C)CC5)C4)n2)CCCC3)n1. The number of nitrogens with two attached hydrogens (primary N) is 2. The summed E-state index contributed by atoms with van der Waals surface area (Å²) in [7, 11) is -3.60. The highest BCUT2D eigenvalue weighted by Gasteiger charge is 2.52. The molecule has 2 saturated carbocycles. The van der Waals surface area contributed by atoms with Crippen LogP contribution in [-0.2, 0) is 37.2 Å². The number of primary amides is 1. The first-order valence-corrected chi connectivity index (χ1v) is 20.7. The van der Waals surface area contributed by atoms with E-state index in [-0.39, 0.29) is 30.7 Å². The third kappa shape index (κ3) is 8.62. The highest BCUT2D eigenvalue weighted by Crippen LogP contribution is 2.44. The number of nitrogens with one attached hydrogen (secondary N) is 1. The molecule has 15 heteroatoms. The Balaban J connectivity index is 0.968. The van der Waals surface area contributed by atoms with E-state index in [1.165, 1.54) is 16.2 Å². The number of aryl methyl sites for hydroxylation is 1. The van der Waals surface area contributed by atoms with Crippen LogP contribution in [0.4, 0.5) is 0 Å². The maximum Gasteiger partial charge on any atom is 0.240 e. The van der Waals surface area contributed by atoms with Gasteiger partial charge in [0.1, 0.15) is 12.1 Å². The summed E-state index contributed by atoms with van der Waals surface area (Å²) in [6, 6.07) is -1.58. The first kappa shape index (κ1) is 37.3. The van der Waals surface area contributed by atoms with Crippen molar-refractivity contribution in [3.63, 3.8) is 0 Å². The van der Waals surface area contributed by atoms with Crippen LogP contribution in [0.5, 0.6) is 5.88 Å². The van der Waals surface area contributed by atoms with Crippen LogP contribution < -0.4 is 20.9 Å². The van der Waals surface area contributed by atoms with E-state index in [2.05, 4.69) is 18.6 Å². The van der Waals surface area contributed by atoms with E-state index in [1.807, 2.05) is 17.5 Å². The average Bonchev–Trinajstić information content (AvgIpc) is 3.93. The Morgan fingerprint density at radius 3 is 2.59 bits per heavy atom. The van der Waals surface area contributed by atoms with E-state index in [4.69, 9.17) is 31.2 Å². The van der Waals surface area contributed by atoms with Gasteiger partial charge in [-0.1, -0.05) is 38.8 Å². The second-order valence-corrected chi connectivity index (χ2v) is 18.3. The van der Waals surface area contributed by atoms with Crippen molar-refractivity contribution in [3.05, 3.63) is 34.5 Å². The fourth-order valence-corrected chi connectivity index (χ4v) is 9.09. The van der Waals surface area contributed by atoms with E-state index in [9.17, 15) is 22.8 Å². The van der Waals surface area contributed by atoms with Crippen LogP contribution in [0.1, 0.15) is 114 Å². The fourth-order valence-electron chi connectivity index (χ4n) is 6.88. The van der Waals surface area contributed by atoms with Gasteiger partial charge in [-0.05, 0) is 83.0 Å². The molecule has 0 unspecified atom stereocenters. The van der Waals surface area contributed by atoms with Gasteiger partial charge in [-0.25, -0.2) is 18.4 Å². The molecular formula is C36H51N7O6S2. The summed E-state index contributed by atoms with van der Waals surface area (Å²) in [4.78, 5) is 54.2. The number of fused-ring (bicyclic) bond motifs is 1. The van der Waals surface area contributed by atoms with Gasteiger partial charge in [0.25, 0.3) is 0 Å². The van der Waals surface area contributed by atoms with Gasteiger partial charge in [0.05, 0.1) is 28.7 Å². The number of likely N-dealkylation sites (tertiary alicyclic amines) is 1. The molecule has 5 atom stereocenters. The minimum atomic E-state index is -3.60. The molecule has 1 aliphatic heterocycles. The molecule has 0 radical (unpaired) electrons. The summed E-state index contributed by atoms with van der Waals surface area (Å²) in [6.07, 6.45) is 13.2. The van der Waals surface area contributed by atoms with E-state index in [0.29, 0.717) is 43.3 Å². The molecule has 6 rings (SSSR count). The number of carbonyl (C=O) groups excluding carboxylic acids is 3. The Morgan fingerprint density at radius 2 is 1.88 bits per heavy atom. The summed E-state index contributed by atoms with van der Waals surface area (Å²) in [6.45, 7) is 6.05. The van der Waals surface area contributed by atoms with Gasteiger partial charge < -0.3 is 21.1 Å². The van der Waals surface area contributed by atoms with Crippen LogP contribution in [0.2, 0.25) is 0 Å². The molecule has 0 aromatic carbocycles. The summed E-state index contributed by atoms with van der Waals surface area (Å²) in [5.74, 6) is -0.192. The molecule has 3 amide bonds. The van der Waals surface area contributed by atoms with E-state index in [0.717, 1.165) is 73.3 Å². The van der Waals surface area contributed by atoms with E-state index >= 15 is 0 Å². The van der Waals surface area contributed by atoms with Crippen LogP contribution in [0.25, 0.3) is 10.8 Å². The van der Waals surface area contributed by atoms with Crippen molar-refractivity contribution in [3.8, 4) is 16.7 Å². The first-order chi connectivity index (χ1) is 24.3. The molecule has 0 spiro atoms. The molecule has 3 fully saturated rings. The molecular weight excluding hydrogens is 691 g/mol. The van der Waals surface area contributed by atoms with Gasteiger partial charge in [0.2, 0.25) is 33.6 Å². The number of ether oxygens (including phenoxy) is 1. The van der Waals surface area contributed by atoms with Gasteiger partial charge in [0.15, 0.2) is 10.8 Å². The Bertz CT molecular complexity index is 1770. The molecule has 4 aliphatic rings. The second-order valence-electron chi connectivity index (χ2n) is 15.2. The summed E-state index contributed by atoms with van der Waals surface area (Å²) >= 11 is 1.51. The Hall–Kier alpha value is -3.43. The Morgan fingerprint density at radius 1 is 1.12 bits per heavy atom. The maximum atomic E-state index is 13.5. The summed E-state index contributed by atoms with van der Waals surface area (Å²) in [5, 5.41) is 2.77. The number of nitrogens with zero attached hydrogens (tertiary/aromatic N) is 4. The lowest BCUT2D eigenvalue weighted by molar-refractivity contribution is -0.138. The molecule has 5 N–H and O–H groups in total. The van der Waals surface area contributed by atoms with Gasteiger partial charge >= 0.3 is 0 Å². The zero-order chi connectivity index (χ0) is 36.5. The minimum absolute atomic E-state index is 0.0717. The van der Waals surface area contributed by atoms with Gasteiger partial charge in [-0.2, -0.15) is 4.98 Å². The molecule has 3 aliphatic carbocycles. The predicted octanol–water partition coefficient (Wildman–Crippen LogP) is 3.90. The molecule has 51 heavy (non-hydrogen) atoms. The molecule has 278 valence electrons. The zero-order valence-corrected chi connectivity index (χ0v) is 31.4. The Labute approximate surface area is 304 Å². The number of carbonyl (C=O) groups is 3. The highest BCUT2D eigenvalue weighted by molar-refractivity contribution is 7.91. The highest BCUT2D eigenvalue weighted by atomic mass is 32.2. The van der Waals surface area contributed by atoms with Crippen LogP contribution in [0.15, 0.2) is 17.5 Å². The topological polar surface area (TPSA) is 201 Å². The van der Waals surface area contributed by atoms with Crippen molar-refractivity contribution >= 4 is 39.1 Å². The van der Waals surface area contributed by atoms with Crippen LogP contribution in [0.3, 0.4) is 0 Å². The average molecular weight is 742 g/mol. The van der Waals surface area contributed by atoms with Crippen LogP contribution in [0, 0.1) is 11.8 Å². The van der Waals surface area contributed by atoms with Crippen LogP contribution >= 0.6 is 11.3 Å². The Kier molecular flexibility index (Phi) is 11.2. The number of hydrogen-bond donors (Lipinski definition) is 3. The van der Waals surface area contributed by atoms with Crippen molar-refractivity contribution in [2.24, 2.45) is 23.3 Å². The maximum absolute atomic E-state index is 13.5. The molecule has 2 aromatic rings. The van der Waals surface area contributed by atoms with Gasteiger partial charge in [0, 0.05) is 23.3 Å². The fraction of sp³-hybridized carbons (Fsp3) is 0.667. The van der Waals surface area contributed by atoms with E-state index < -0.39 is 44.8 Å². The molecule has 3 heterocycles. The predicted molar refractivity (Wildman–Crippen MR) is 194 cm³/mol. The molecule has 13 nitrogen and oxygen atoms in total. The van der Waals surface area contributed by atoms with Crippen molar-refractivity contribution in [2.45, 2.75) is 133 Å². The molecule has 1 saturated heterocycles. The lowest BCUT2D eigenvalue weighted by Crippen LogP contribution is -2.50. The van der Waals surface area contributed by atoms with Crippen molar-refractivity contribution in [1.82, 2.24) is 24.6 Å². The third-order valence-corrected chi connectivity index (χ3v) is 13.7. The summed E-state index contributed by atoms with van der Waals surface area (Å²) < 4.78 is 32.6. The molecule has 2 aromatic heterocycles. The first-order valence-electron chi connectivity index (χ1n) is 18.4. The monoisotopic (exact) mass is 741 g/mol. The number of sulfonamides is 1. The van der Waals surface area contributed by atoms with Gasteiger partial charge in [-0.3, -0.25) is 19.1 Å². The number of aromatic nitrogens is 3. The van der Waals surface area contributed by atoms with Crippen molar-refractivity contribution < 1.29 is 27.5 Å². The number of amides is 3. The normalized spacial score (nSPS) is 24.4. The number of rotatable bonds is 16. The number of unbranched alkanes of at least 4 members (excludes halogenated alkanes) is 3. The van der Waals surface area contributed by atoms with Gasteiger partial charge in [-0.15, -0.1) is 11.3 Å². The standard InChI is InChI=1S/C36H51N7O6S2/c1-21(2)28-20-50-34(40-28)31-39-27-14-10-9-12-24(27)33(41-31)49-23-18-29(30(38)44)43(19-23)35(46)26(37)13-8-6-4-5-7-11-22-17-25(22)32(45)42-51(47,48)36(3)15-16-36/h7,11,20-23,25-26,29H,4-6,8-10,12-19,37H2,1-3H3,(H2,38,44)(H,42,45)/b11-7-/t22-,23-,25+,26+,29+/m1/s1.